The van der Waals surface area contributed by atoms with Crippen LogP contribution in [0.4, 0.5) is 0 Å². The second kappa shape index (κ2) is 10.7. The molecule has 0 saturated carbocycles. The lowest BCUT2D eigenvalue weighted by molar-refractivity contribution is 1.66. The molecule has 0 heterocycles. The Morgan fingerprint density at radius 2 is 0.417 bits per heavy atom. The van der Waals surface area contributed by atoms with Gasteiger partial charge in [0.2, 0.25) is 0 Å². The molecule has 0 bridgehead atoms. The Balaban J connectivity index is 1.25. The Kier molecular flexibility index (Phi) is 5.98. The van der Waals surface area contributed by atoms with E-state index in [1.807, 2.05) is 0 Å². The maximum Gasteiger partial charge on any atom is -0.00206 e. The van der Waals surface area contributed by atoms with Crippen LogP contribution in [0.1, 0.15) is 0 Å². The first-order valence-corrected chi connectivity index (χ1v) is 16.7. The lowest BCUT2D eigenvalue weighted by Gasteiger charge is -2.19. The predicted octanol–water partition coefficient (Wildman–Crippen LogP) is 13.6. The van der Waals surface area contributed by atoms with E-state index in [1.54, 1.807) is 0 Å². The Bertz CT molecular complexity index is 2580. The first kappa shape index (κ1) is 26.9. The fourth-order valence-corrected chi connectivity index (χ4v) is 8.11. The summed E-state index contributed by atoms with van der Waals surface area (Å²) in [6.07, 6.45) is 0. The highest BCUT2D eigenvalue weighted by Gasteiger charge is 2.18. The Labute approximate surface area is 279 Å². The van der Waals surface area contributed by atoms with E-state index in [0.29, 0.717) is 0 Å². The fraction of sp³-hybridized carbons (Fsp3) is 0. The van der Waals surface area contributed by atoms with Crippen molar-refractivity contribution in [3.63, 3.8) is 0 Å². The van der Waals surface area contributed by atoms with Gasteiger partial charge in [0.25, 0.3) is 0 Å². The highest BCUT2D eigenvalue weighted by molar-refractivity contribution is 6.21. The van der Waals surface area contributed by atoms with Gasteiger partial charge < -0.3 is 0 Å². The molecule has 0 aliphatic carbocycles. The van der Waals surface area contributed by atoms with E-state index in [2.05, 4.69) is 182 Å². The molecule has 0 spiro atoms. The molecule has 48 heavy (non-hydrogen) atoms. The number of benzene rings is 10. The zero-order valence-corrected chi connectivity index (χ0v) is 26.3. The van der Waals surface area contributed by atoms with Crippen LogP contribution in [-0.4, -0.2) is 0 Å². The molecular formula is C48H30. The number of hydrogen-bond donors (Lipinski definition) is 0. The van der Waals surface area contributed by atoms with E-state index < -0.39 is 0 Å². The lowest BCUT2D eigenvalue weighted by atomic mass is 9.84. The minimum atomic E-state index is 1.25. The summed E-state index contributed by atoms with van der Waals surface area (Å²) in [5, 5.41) is 15.3. The molecule has 0 fully saturated rings. The van der Waals surface area contributed by atoms with Crippen molar-refractivity contribution in [1.82, 2.24) is 0 Å². The second-order valence-electron chi connectivity index (χ2n) is 12.8. The largest absolute Gasteiger partial charge is 0.0616 e. The Hall–Kier alpha value is -6.24. The SMILES string of the molecule is c1ccc2c(-c3ccc(-c4ccc(-c5c6ccccc6cc6ccccc56)c5ccccc45)c4ccccc34)c3ccccc3cc2c1. The topological polar surface area (TPSA) is 0 Å². The van der Waals surface area contributed by atoms with E-state index in [4.69, 9.17) is 0 Å². The summed E-state index contributed by atoms with van der Waals surface area (Å²) < 4.78 is 0. The molecule has 222 valence electrons. The fourth-order valence-electron chi connectivity index (χ4n) is 8.11. The Morgan fingerprint density at radius 3 is 0.729 bits per heavy atom. The van der Waals surface area contributed by atoms with Gasteiger partial charge in [-0.25, -0.2) is 0 Å². The predicted molar refractivity (Wildman–Crippen MR) is 208 cm³/mol. The molecule has 0 aliphatic rings. The molecule has 0 aliphatic heterocycles. The number of hydrogen-bond acceptors (Lipinski definition) is 0. The van der Waals surface area contributed by atoms with Crippen LogP contribution in [0.3, 0.4) is 0 Å². The maximum absolute atomic E-state index is 2.35. The van der Waals surface area contributed by atoms with Crippen LogP contribution < -0.4 is 0 Å². The third-order valence-corrected chi connectivity index (χ3v) is 10.2. The van der Waals surface area contributed by atoms with Crippen molar-refractivity contribution in [2.75, 3.05) is 0 Å². The van der Waals surface area contributed by atoms with E-state index in [-0.39, 0.29) is 0 Å². The van der Waals surface area contributed by atoms with Gasteiger partial charge in [0.05, 0.1) is 0 Å². The highest BCUT2D eigenvalue weighted by Crippen LogP contribution is 2.46. The van der Waals surface area contributed by atoms with Crippen molar-refractivity contribution in [3.8, 4) is 33.4 Å². The second-order valence-corrected chi connectivity index (χ2v) is 12.8. The highest BCUT2D eigenvalue weighted by atomic mass is 14.2. The summed E-state index contributed by atoms with van der Waals surface area (Å²) in [7, 11) is 0. The van der Waals surface area contributed by atoms with E-state index >= 15 is 0 Å². The van der Waals surface area contributed by atoms with Crippen molar-refractivity contribution in [3.05, 3.63) is 182 Å². The molecule has 10 aromatic rings. The summed E-state index contributed by atoms with van der Waals surface area (Å²) in [6.45, 7) is 0. The summed E-state index contributed by atoms with van der Waals surface area (Å²) >= 11 is 0. The third-order valence-electron chi connectivity index (χ3n) is 10.2. The lowest BCUT2D eigenvalue weighted by Crippen LogP contribution is -1.92. The van der Waals surface area contributed by atoms with Crippen LogP contribution in [0.5, 0.6) is 0 Å². The summed E-state index contributed by atoms with van der Waals surface area (Å²) in [4.78, 5) is 0. The van der Waals surface area contributed by atoms with E-state index in [1.165, 1.54) is 98.0 Å². The third kappa shape index (κ3) is 4.03. The molecule has 0 N–H and O–H groups in total. The van der Waals surface area contributed by atoms with Crippen molar-refractivity contribution in [2.45, 2.75) is 0 Å². The van der Waals surface area contributed by atoms with Crippen molar-refractivity contribution in [1.29, 1.82) is 0 Å². The summed E-state index contributed by atoms with van der Waals surface area (Å²) in [5.74, 6) is 0. The van der Waals surface area contributed by atoms with Crippen LogP contribution in [-0.2, 0) is 0 Å². The first-order chi connectivity index (χ1) is 23.8. The molecule has 0 unspecified atom stereocenters. The van der Waals surface area contributed by atoms with Crippen LogP contribution in [0.2, 0.25) is 0 Å². The first-order valence-electron chi connectivity index (χ1n) is 16.7. The Morgan fingerprint density at radius 1 is 0.188 bits per heavy atom. The molecule has 0 nitrogen and oxygen atoms in total. The van der Waals surface area contributed by atoms with Crippen LogP contribution in [0, 0.1) is 0 Å². The van der Waals surface area contributed by atoms with Crippen LogP contribution in [0.15, 0.2) is 182 Å². The van der Waals surface area contributed by atoms with Crippen LogP contribution >= 0.6 is 0 Å². The van der Waals surface area contributed by atoms with Gasteiger partial charge in [0.15, 0.2) is 0 Å². The summed E-state index contributed by atoms with van der Waals surface area (Å²) in [5.41, 5.74) is 7.65. The van der Waals surface area contributed by atoms with Gasteiger partial charge in [-0.15, -0.1) is 0 Å². The average molecular weight is 607 g/mol. The molecule has 10 aromatic carbocycles. The standard InChI is InChI=1S/C48H30/c1-5-17-35-31(13-1)29-32-14-2-6-18-36(32)47(35)45-27-25-43(39-21-9-11-23-41(39)45)44-26-28-46(42-24-12-10-22-40(42)44)48-37-19-7-3-15-33(37)30-34-16-4-8-20-38(34)48/h1-30H. The minimum Gasteiger partial charge on any atom is -0.0616 e. The number of rotatable bonds is 3. The minimum absolute atomic E-state index is 1.25. The molecule has 0 aromatic heterocycles. The summed E-state index contributed by atoms with van der Waals surface area (Å²) in [6, 6.07) is 67.1. The average Bonchev–Trinajstić information content (AvgIpc) is 3.15. The molecule has 10 rings (SSSR count). The number of fused-ring (bicyclic) bond motifs is 6. The van der Waals surface area contributed by atoms with Gasteiger partial charge >= 0.3 is 0 Å². The molecular weight excluding hydrogens is 577 g/mol. The normalized spacial score (nSPS) is 11.8. The van der Waals surface area contributed by atoms with Gasteiger partial charge in [0.1, 0.15) is 0 Å². The molecule has 0 heteroatoms. The van der Waals surface area contributed by atoms with E-state index in [0.717, 1.165) is 0 Å². The molecule has 0 atom stereocenters. The van der Waals surface area contributed by atoms with Gasteiger partial charge in [-0.05, 0) is 110 Å². The van der Waals surface area contributed by atoms with Gasteiger partial charge in [-0.2, -0.15) is 0 Å². The van der Waals surface area contributed by atoms with Crippen molar-refractivity contribution < 1.29 is 0 Å². The van der Waals surface area contributed by atoms with Crippen molar-refractivity contribution >= 4 is 64.6 Å². The maximum atomic E-state index is 2.35. The quantitative estimate of drug-likeness (QED) is 0.176. The zero-order valence-electron chi connectivity index (χ0n) is 26.3. The van der Waals surface area contributed by atoms with E-state index in [9.17, 15) is 0 Å². The van der Waals surface area contributed by atoms with Gasteiger partial charge in [-0.1, -0.05) is 170 Å². The van der Waals surface area contributed by atoms with Crippen molar-refractivity contribution in [2.24, 2.45) is 0 Å². The zero-order chi connectivity index (χ0) is 31.6. The molecule has 0 saturated heterocycles. The smallest absolute Gasteiger partial charge is 0.00206 e. The van der Waals surface area contributed by atoms with Crippen LogP contribution in [0.25, 0.3) is 98.0 Å². The monoisotopic (exact) mass is 606 g/mol. The molecule has 0 radical (unpaired) electrons. The molecule has 0 amide bonds. The van der Waals surface area contributed by atoms with Gasteiger partial charge in [0, 0.05) is 0 Å². The van der Waals surface area contributed by atoms with Gasteiger partial charge in [-0.3, -0.25) is 0 Å².